The van der Waals surface area contributed by atoms with Crippen molar-refractivity contribution < 1.29 is 31.9 Å². The molecule has 0 aromatic heterocycles. The van der Waals surface area contributed by atoms with E-state index in [2.05, 4.69) is 5.32 Å². The van der Waals surface area contributed by atoms with Crippen molar-refractivity contribution in [3.05, 3.63) is 58.7 Å². The average molecular weight is 360 g/mol. The number of anilines is 2. The molecular weight excluding hydrogens is 347 g/mol. The van der Waals surface area contributed by atoms with Gasteiger partial charge in [0, 0.05) is 23.5 Å². The summed E-state index contributed by atoms with van der Waals surface area (Å²) in [4.78, 5) is 11.2. The highest BCUT2D eigenvalue weighted by molar-refractivity contribution is 5.95. The third-order valence-corrected chi connectivity index (χ3v) is 3.35. The largest absolute Gasteiger partial charge is 0.478 e. The minimum Gasteiger partial charge on any atom is -0.478 e. The molecular formula is C16H13F5N2O2. The molecule has 2 rings (SSSR count). The predicted molar refractivity (Wildman–Crippen MR) is 81.5 cm³/mol. The molecule has 2 aromatic carbocycles. The maximum absolute atomic E-state index is 12.8. The summed E-state index contributed by atoms with van der Waals surface area (Å²) in [7, 11) is 0. The number of carbonyl (C=O) groups is 1. The number of nitrogen functional groups attached to an aromatic ring is 1. The van der Waals surface area contributed by atoms with Crippen LogP contribution in [0.2, 0.25) is 0 Å². The number of nitrogens with two attached hydrogens (primary N) is 1. The van der Waals surface area contributed by atoms with E-state index < -0.39 is 29.7 Å². The molecule has 0 amide bonds. The van der Waals surface area contributed by atoms with E-state index >= 15 is 0 Å². The lowest BCUT2D eigenvalue weighted by Crippen LogP contribution is -2.10. The monoisotopic (exact) mass is 360 g/mol. The van der Waals surface area contributed by atoms with Crippen LogP contribution >= 0.6 is 0 Å². The lowest BCUT2D eigenvalue weighted by Gasteiger charge is -2.14. The molecule has 0 fully saturated rings. The van der Waals surface area contributed by atoms with Crippen molar-refractivity contribution in [1.29, 1.82) is 0 Å². The third-order valence-electron chi connectivity index (χ3n) is 3.35. The molecule has 0 aliphatic rings. The second-order valence-electron chi connectivity index (χ2n) is 5.23. The maximum Gasteiger partial charge on any atom is 0.416 e. The van der Waals surface area contributed by atoms with E-state index in [4.69, 9.17) is 10.8 Å². The highest BCUT2D eigenvalue weighted by Crippen LogP contribution is 2.33. The van der Waals surface area contributed by atoms with Gasteiger partial charge >= 0.3 is 12.1 Å². The van der Waals surface area contributed by atoms with E-state index in [1.54, 1.807) is 0 Å². The number of benzene rings is 2. The fourth-order valence-electron chi connectivity index (χ4n) is 2.20. The second-order valence-corrected chi connectivity index (χ2v) is 5.23. The topological polar surface area (TPSA) is 75.3 Å². The number of halogens is 5. The van der Waals surface area contributed by atoms with Crippen LogP contribution in [0.1, 0.15) is 33.5 Å². The van der Waals surface area contributed by atoms with Gasteiger partial charge in [-0.05, 0) is 42.0 Å². The van der Waals surface area contributed by atoms with Gasteiger partial charge in [-0.2, -0.15) is 13.2 Å². The summed E-state index contributed by atoms with van der Waals surface area (Å²) in [6.45, 7) is -0.270. The Bertz CT molecular complexity index is 791. The van der Waals surface area contributed by atoms with Gasteiger partial charge in [0.15, 0.2) is 0 Å². The van der Waals surface area contributed by atoms with Crippen LogP contribution in [0, 0.1) is 0 Å². The first-order valence-corrected chi connectivity index (χ1v) is 6.94. The molecule has 2 aromatic rings. The van der Waals surface area contributed by atoms with Crippen LogP contribution in [0.25, 0.3) is 0 Å². The molecule has 4 nitrogen and oxygen atoms in total. The number of hydrogen-bond donors (Lipinski definition) is 3. The SMILES string of the molecule is Nc1ccc(NCc2cc(C(F)F)cc(C(F)(F)F)c2)c(C(=O)O)c1. The molecule has 0 bridgehead atoms. The van der Waals surface area contributed by atoms with Crippen molar-refractivity contribution in [3.8, 4) is 0 Å². The molecule has 0 saturated heterocycles. The maximum atomic E-state index is 12.8. The molecule has 0 spiro atoms. The second kappa shape index (κ2) is 6.96. The van der Waals surface area contributed by atoms with Crippen molar-refractivity contribution in [2.24, 2.45) is 0 Å². The zero-order chi connectivity index (χ0) is 18.8. The van der Waals surface area contributed by atoms with Gasteiger partial charge in [0.1, 0.15) is 0 Å². The van der Waals surface area contributed by atoms with Crippen molar-refractivity contribution in [1.82, 2.24) is 0 Å². The third kappa shape index (κ3) is 4.59. The van der Waals surface area contributed by atoms with E-state index in [1.165, 1.54) is 18.2 Å². The molecule has 0 aliphatic carbocycles. The number of aromatic carboxylic acids is 1. The van der Waals surface area contributed by atoms with Crippen LogP contribution in [0.15, 0.2) is 36.4 Å². The molecule has 0 unspecified atom stereocenters. The van der Waals surface area contributed by atoms with E-state index in [9.17, 15) is 26.7 Å². The van der Waals surface area contributed by atoms with Gasteiger partial charge in [0.25, 0.3) is 6.43 Å². The molecule has 0 saturated carbocycles. The Labute approximate surface area is 139 Å². The Balaban J connectivity index is 2.32. The van der Waals surface area contributed by atoms with Crippen LogP contribution in [0.5, 0.6) is 0 Å². The lowest BCUT2D eigenvalue weighted by atomic mass is 10.0. The smallest absolute Gasteiger partial charge is 0.416 e. The summed E-state index contributed by atoms with van der Waals surface area (Å²) in [5.41, 5.74) is 3.60. The minimum absolute atomic E-state index is 0.0571. The molecule has 0 atom stereocenters. The van der Waals surface area contributed by atoms with Gasteiger partial charge < -0.3 is 16.2 Å². The van der Waals surface area contributed by atoms with Crippen LogP contribution in [-0.4, -0.2) is 11.1 Å². The summed E-state index contributed by atoms with van der Waals surface area (Å²) in [6, 6.07) is 5.99. The zero-order valence-corrected chi connectivity index (χ0v) is 12.6. The zero-order valence-electron chi connectivity index (χ0n) is 12.6. The Morgan fingerprint density at radius 3 is 2.40 bits per heavy atom. The molecule has 0 aliphatic heterocycles. The first-order chi connectivity index (χ1) is 11.6. The summed E-state index contributed by atoms with van der Waals surface area (Å²) >= 11 is 0. The van der Waals surface area contributed by atoms with Gasteiger partial charge in [-0.25, -0.2) is 13.6 Å². The Hall–Kier alpha value is -2.84. The summed E-state index contributed by atoms with van der Waals surface area (Å²) < 4.78 is 64.1. The predicted octanol–water partition coefficient (Wildman–Crippen LogP) is 4.54. The molecule has 0 radical (unpaired) electrons. The number of carboxylic acids is 1. The van der Waals surface area contributed by atoms with Crippen LogP contribution < -0.4 is 11.1 Å². The van der Waals surface area contributed by atoms with E-state index in [1.807, 2.05) is 0 Å². The van der Waals surface area contributed by atoms with Gasteiger partial charge in [0.05, 0.1) is 11.1 Å². The number of nitrogens with one attached hydrogen (secondary N) is 1. The normalized spacial score (nSPS) is 11.6. The standard InChI is InChI=1S/C16H13F5N2O2/c17-14(18)9-3-8(4-10(5-9)16(19,20)21)7-23-13-2-1-11(22)6-12(13)15(24)25/h1-6,14,23H,7,22H2,(H,24,25). The Morgan fingerprint density at radius 2 is 1.84 bits per heavy atom. The van der Waals surface area contributed by atoms with Crippen LogP contribution in [0.4, 0.5) is 33.3 Å². The van der Waals surface area contributed by atoms with Crippen molar-refractivity contribution in [2.45, 2.75) is 19.1 Å². The molecule has 25 heavy (non-hydrogen) atoms. The van der Waals surface area contributed by atoms with Crippen LogP contribution in [-0.2, 0) is 12.7 Å². The fourth-order valence-corrected chi connectivity index (χ4v) is 2.20. The summed E-state index contributed by atoms with van der Waals surface area (Å²) in [5.74, 6) is -1.29. The van der Waals surface area contributed by atoms with Crippen molar-refractivity contribution in [2.75, 3.05) is 11.1 Å². The van der Waals surface area contributed by atoms with Crippen molar-refractivity contribution in [3.63, 3.8) is 0 Å². The van der Waals surface area contributed by atoms with Crippen LogP contribution in [0.3, 0.4) is 0 Å². The minimum atomic E-state index is -4.77. The van der Waals surface area contributed by atoms with Gasteiger partial charge in [-0.15, -0.1) is 0 Å². The Kier molecular flexibility index (Phi) is 5.15. The van der Waals surface area contributed by atoms with Gasteiger partial charge in [-0.1, -0.05) is 0 Å². The highest BCUT2D eigenvalue weighted by atomic mass is 19.4. The molecule has 134 valence electrons. The highest BCUT2D eigenvalue weighted by Gasteiger charge is 2.32. The van der Waals surface area contributed by atoms with Gasteiger partial charge in [0.2, 0.25) is 0 Å². The lowest BCUT2D eigenvalue weighted by molar-refractivity contribution is -0.137. The van der Waals surface area contributed by atoms with E-state index in [-0.39, 0.29) is 29.0 Å². The fraction of sp³-hybridized carbons (Fsp3) is 0.188. The number of carboxylic acid groups (broad SMARTS) is 1. The van der Waals surface area contributed by atoms with E-state index in [0.717, 1.165) is 12.1 Å². The quantitative estimate of drug-likeness (QED) is 0.541. The first-order valence-electron chi connectivity index (χ1n) is 6.94. The number of rotatable bonds is 5. The van der Waals surface area contributed by atoms with E-state index in [0.29, 0.717) is 6.07 Å². The Morgan fingerprint density at radius 1 is 1.16 bits per heavy atom. The molecule has 9 heteroatoms. The molecule has 0 heterocycles. The summed E-state index contributed by atoms with van der Waals surface area (Å²) in [5, 5.41) is 11.7. The summed E-state index contributed by atoms with van der Waals surface area (Å²) in [6.07, 6.45) is -7.83. The average Bonchev–Trinajstić information content (AvgIpc) is 2.52. The number of alkyl halides is 5. The number of hydrogen-bond acceptors (Lipinski definition) is 3. The molecule has 4 N–H and O–H groups in total. The first kappa shape index (κ1) is 18.5. The van der Waals surface area contributed by atoms with Crippen molar-refractivity contribution >= 4 is 17.3 Å². The van der Waals surface area contributed by atoms with Gasteiger partial charge in [-0.3, -0.25) is 0 Å².